The lowest BCUT2D eigenvalue weighted by Crippen LogP contribution is -2.24. The van der Waals surface area contributed by atoms with Crippen molar-refractivity contribution in [1.82, 2.24) is 0 Å². The second kappa shape index (κ2) is 4.83. The largest absolute Gasteiger partial charge is 0.507 e. The van der Waals surface area contributed by atoms with E-state index in [9.17, 15) is 10.2 Å². The van der Waals surface area contributed by atoms with Crippen LogP contribution in [0.5, 0.6) is 11.5 Å². The zero-order valence-corrected chi connectivity index (χ0v) is 10.2. The summed E-state index contributed by atoms with van der Waals surface area (Å²) in [5.74, 6) is 0.465. The van der Waals surface area contributed by atoms with Crippen LogP contribution in [0.25, 0.3) is 0 Å². The number of phenols is 1. The first-order chi connectivity index (χ1) is 6.99. The lowest BCUT2D eigenvalue weighted by Gasteiger charge is -2.19. The van der Waals surface area contributed by atoms with E-state index < -0.39 is 12.1 Å². The number of hydrogen-bond acceptors (Lipinski definition) is 4. The summed E-state index contributed by atoms with van der Waals surface area (Å²) in [4.78, 5) is 0. The molecule has 0 spiro atoms. The van der Waals surface area contributed by atoms with E-state index in [1.807, 2.05) is 0 Å². The maximum absolute atomic E-state index is 9.82. The molecule has 0 saturated carbocycles. The molecule has 0 aliphatic carbocycles. The predicted molar refractivity (Wildman–Crippen MR) is 61.0 cm³/mol. The van der Waals surface area contributed by atoms with Crippen LogP contribution in [0, 0.1) is 0 Å². The first-order valence-corrected chi connectivity index (χ1v) is 5.27. The zero-order valence-electron chi connectivity index (χ0n) is 8.57. The fraction of sp³-hybridized carbons (Fsp3) is 0.400. The molecule has 0 bridgehead atoms. The van der Waals surface area contributed by atoms with Gasteiger partial charge in [0.25, 0.3) is 0 Å². The molecule has 0 radical (unpaired) electrons. The van der Waals surface area contributed by atoms with Gasteiger partial charge in [-0.15, -0.1) is 0 Å². The molecule has 15 heavy (non-hydrogen) atoms. The van der Waals surface area contributed by atoms with Crippen molar-refractivity contribution in [2.45, 2.75) is 19.1 Å². The van der Waals surface area contributed by atoms with Crippen molar-refractivity contribution in [1.29, 1.82) is 0 Å². The third-order valence-electron chi connectivity index (χ3n) is 2.13. The minimum Gasteiger partial charge on any atom is -0.507 e. The monoisotopic (exact) mass is 275 g/mol. The molecule has 0 aromatic heterocycles. The Balaban J connectivity index is 3.24. The average Bonchev–Trinajstić information content (AvgIpc) is 2.20. The van der Waals surface area contributed by atoms with Gasteiger partial charge in [-0.2, -0.15) is 0 Å². The summed E-state index contributed by atoms with van der Waals surface area (Å²) in [7, 11) is 1.47. The maximum Gasteiger partial charge on any atom is 0.142 e. The zero-order chi connectivity index (χ0) is 11.6. The molecule has 0 amide bonds. The van der Waals surface area contributed by atoms with Gasteiger partial charge in [0.05, 0.1) is 13.2 Å². The lowest BCUT2D eigenvalue weighted by atomic mass is 10.0. The summed E-state index contributed by atoms with van der Waals surface area (Å²) in [6.07, 6.45) is -0.822. The van der Waals surface area contributed by atoms with E-state index in [2.05, 4.69) is 15.9 Å². The van der Waals surface area contributed by atoms with Gasteiger partial charge < -0.3 is 20.7 Å². The van der Waals surface area contributed by atoms with Gasteiger partial charge in [0.1, 0.15) is 16.0 Å². The second-order valence-corrected chi connectivity index (χ2v) is 4.12. The van der Waals surface area contributed by atoms with Crippen LogP contribution in [-0.2, 0) is 0 Å². The molecule has 0 aliphatic rings. The Labute approximate surface area is 96.8 Å². The highest BCUT2D eigenvalue weighted by Crippen LogP contribution is 2.39. The van der Waals surface area contributed by atoms with Gasteiger partial charge in [-0.05, 0) is 35.0 Å². The van der Waals surface area contributed by atoms with Crippen LogP contribution in [0.15, 0.2) is 16.6 Å². The molecule has 4 N–H and O–H groups in total. The molecule has 1 aromatic carbocycles. The number of benzene rings is 1. The summed E-state index contributed by atoms with van der Waals surface area (Å²) in [5, 5.41) is 19.3. The molecule has 5 heteroatoms. The van der Waals surface area contributed by atoms with Crippen molar-refractivity contribution < 1.29 is 14.9 Å². The molecule has 84 valence electrons. The van der Waals surface area contributed by atoms with E-state index in [0.717, 1.165) is 0 Å². The van der Waals surface area contributed by atoms with Gasteiger partial charge in [0.2, 0.25) is 0 Å². The number of nitrogens with two attached hydrogens (primary N) is 1. The fourth-order valence-electron chi connectivity index (χ4n) is 1.28. The smallest absolute Gasteiger partial charge is 0.142 e. The van der Waals surface area contributed by atoms with Gasteiger partial charge in [0, 0.05) is 11.6 Å². The molecule has 0 aliphatic heterocycles. The van der Waals surface area contributed by atoms with Crippen molar-refractivity contribution in [2.75, 3.05) is 7.11 Å². The Morgan fingerprint density at radius 1 is 1.47 bits per heavy atom. The highest BCUT2D eigenvalue weighted by Gasteiger charge is 2.20. The molecule has 0 saturated heterocycles. The van der Waals surface area contributed by atoms with Crippen molar-refractivity contribution in [2.24, 2.45) is 5.73 Å². The van der Waals surface area contributed by atoms with Crippen LogP contribution in [-0.4, -0.2) is 23.4 Å². The Bertz CT molecular complexity index is 355. The summed E-state index contributed by atoms with van der Waals surface area (Å²) >= 11 is 3.18. The number of rotatable bonds is 3. The minimum absolute atomic E-state index is 0.0625. The fourth-order valence-corrected chi connectivity index (χ4v) is 1.81. The number of phenolic OH excluding ortho intramolecular Hbond substituents is 1. The number of aliphatic hydroxyl groups is 1. The van der Waals surface area contributed by atoms with Crippen molar-refractivity contribution in [3.05, 3.63) is 22.2 Å². The quantitative estimate of drug-likeness (QED) is 0.782. The minimum atomic E-state index is -0.822. The summed E-state index contributed by atoms with van der Waals surface area (Å²) < 4.78 is 5.52. The number of aromatic hydroxyl groups is 1. The maximum atomic E-state index is 9.82. The number of ether oxygens (including phenoxy) is 1. The summed E-state index contributed by atoms with van der Waals surface area (Å²) in [6.45, 7) is 1.70. The van der Waals surface area contributed by atoms with Crippen LogP contribution < -0.4 is 10.5 Å². The Morgan fingerprint density at radius 3 is 2.53 bits per heavy atom. The molecule has 4 nitrogen and oxygen atoms in total. The van der Waals surface area contributed by atoms with Crippen LogP contribution in [0.3, 0.4) is 0 Å². The SMILES string of the molecule is COc1c(C(O)C(C)N)ccc(O)c1Br. The van der Waals surface area contributed by atoms with Crippen molar-refractivity contribution >= 4 is 15.9 Å². The van der Waals surface area contributed by atoms with Crippen molar-refractivity contribution in [3.8, 4) is 11.5 Å². The van der Waals surface area contributed by atoms with Crippen LogP contribution in [0.4, 0.5) is 0 Å². The Morgan fingerprint density at radius 2 is 2.07 bits per heavy atom. The van der Waals surface area contributed by atoms with Gasteiger partial charge in [-0.1, -0.05) is 0 Å². The van der Waals surface area contributed by atoms with Crippen LogP contribution >= 0.6 is 15.9 Å². The first-order valence-electron chi connectivity index (χ1n) is 4.48. The number of aliphatic hydroxyl groups excluding tert-OH is 1. The Hall–Kier alpha value is -0.780. The predicted octanol–water partition coefficient (Wildman–Crippen LogP) is 1.54. The van der Waals surface area contributed by atoms with Gasteiger partial charge in [0.15, 0.2) is 0 Å². The van der Waals surface area contributed by atoms with E-state index in [0.29, 0.717) is 15.8 Å². The van der Waals surface area contributed by atoms with Gasteiger partial charge >= 0.3 is 0 Å². The van der Waals surface area contributed by atoms with E-state index >= 15 is 0 Å². The molecular formula is C10H14BrNO3. The highest BCUT2D eigenvalue weighted by molar-refractivity contribution is 9.10. The third-order valence-corrected chi connectivity index (χ3v) is 2.89. The normalized spacial score (nSPS) is 14.7. The molecule has 0 heterocycles. The lowest BCUT2D eigenvalue weighted by molar-refractivity contribution is 0.149. The molecule has 0 fully saturated rings. The highest BCUT2D eigenvalue weighted by atomic mass is 79.9. The van der Waals surface area contributed by atoms with Crippen LogP contribution in [0.2, 0.25) is 0 Å². The Kier molecular flexibility index (Phi) is 3.96. The van der Waals surface area contributed by atoms with E-state index in [1.54, 1.807) is 13.0 Å². The molecule has 1 aromatic rings. The van der Waals surface area contributed by atoms with Gasteiger partial charge in [-0.3, -0.25) is 0 Å². The summed E-state index contributed by atoms with van der Waals surface area (Å²) in [6, 6.07) is 2.66. The van der Waals surface area contributed by atoms with Crippen molar-refractivity contribution in [3.63, 3.8) is 0 Å². The topological polar surface area (TPSA) is 75.7 Å². The van der Waals surface area contributed by atoms with E-state index in [1.165, 1.54) is 13.2 Å². The average molecular weight is 276 g/mol. The molecule has 1 rings (SSSR count). The standard InChI is InChI=1S/C10H14BrNO3/c1-5(12)9(14)6-3-4-7(13)8(11)10(6)15-2/h3-5,9,13-14H,12H2,1-2H3. The number of halogens is 1. The summed E-state index contributed by atoms with van der Waals surface area (Å²) in [5.41, 5.74) is 6.15. The van der Waals surface area contributed by atoms with Crippen LogP contribution in [0.1, 0.15) is 18.6 Å². The number of methoxy groups -OCH3 is 1. The third kappa shape index (κ3) is 2.42. The molecule has 2 atom stereocenters. The first kappa shape index (κ1) is 12.3. The number of hydrogen-bond donors (Lipinski definition) is 3. The molecular weight excluding hydrogens is 262 g/mol. The van der Waals surface area contributed by atoms with Gasteiger partial charge in [-0.25, -0.2) is 0 Å². The molecule has 2 unspecified atom stereocenters. The van der Waals surface area contributed by atoms with E-state index in [-0.39, 0.29) is 5.75 Å². The van der Waals surface area contributed by atoms with E-state index in [4.69, 9.17) is 10.5 Å². The second-order valence-electron chi connectivity index (χ2n) is 3.33.